The van der Waals surface area contributed by atoms with Crippen LogP contribution in [0.3, 0.4) is 0 Å². The fourth-order valence-electron chi connectivity index (χ4n) is 2.25. The molecule has 2 aromatic rings. The van der Waals surface area contributed by atoms with Crippen molar-refractivity contribution in [2.45, 2.75) is 26.5 Å². The maximum Gasteiger partial charge on any atom is 0.319 e. The molecular weight excluding hydrogens is 276 g/mol. The second kappa shape index (κ2) is 8.20. The van der Waals surface area contributed by atoms with Gasteiger partial charge in [-0.05, 0) is 35.2 Å². The molecule has 0 aliphatic rings. The Morgan fingerprint density at radius 3 is 2.59 bits per heavy atom. The van der Waals surface area contributed by atoms with Crippen LogP contribution in [0.2, 0.25) is 0 Å². The van der Waals surface area contributed by atoms with Crippen molar-refractivity contribution in [3.05, 3.63) is 65.2 Å². The molecule has 0 bridgehead atoms. The lowest BCUT2D eigenvalue weighted by atomic mass is 10.1. The van der Waals surface area contributed by atoms with Crippen molar-refractivity contribution in [3.8, 4) is 0 Å². The standard InChI is InChI=1S/C18H22N2O2/c1-3-14-7-6-10-17(11-14)20-18(21)19-12-15-8-4-5-9-16(15)13-22-2/h4-11H,3,12-13H2,1-2H3,(H2,19,20,21). The summed E-state index contributed by atoms with van der Waals surface area (Å²) in [7, 11) is 1.66. The Morgan fingerprint density at radius 2 is 1.86 bits per heavy atom. The van der Waals surface area contributed by atoms with E-state index in [4.69, 9.17) is 4.74 Å². The average Bonchev–Trinajstić information content (AvgIpc) is 2.54. The van der Waals surface area contributed by atoms with Crippen molar-refractivity contribution in [1.29, 1.82) is 0 Å². The number of hydrogen-bond donors (Lipinski definition) is 2. The summed E-state index contributed by atoms with van der Waals surface area (Å²) in [5.41, 5.74) is 4.14. The summed E-state index contributed by atoms with van der Waals surface area (Å²) >= 11 is 0. The van der Waals surface area contributed by atoms with Gasteiger partial charge < -0.3 is 15.4 Å². The zero-order chi connectivity index (χ0) is 15.8. The van der Waals surface area contributed by atoms with Crippen LogP contribution < -0.4 is 10.6 Å². The summed E-state index contributed by atoms with van der Waals surface area (Å²) in [4.78, 5) is 12.0. The molecule has 4 nitrogen and oxygen atoms in total. The molecule has 2 rings (SSSR count). The van der Waals surface area contributed by atoms with Crippen molar-refractivity contribution in [1.82, 2.24) is 5.32 Å². The third-order valence-corrected chi connectivity index (χ3v) is 3.45. The van der Waals surface area contributed by atoms with Gasteiger partial charge in [0.25, 0.3) is 0 Å². The Balaban J connectivity index is 1.92. The van der Waals surface area contributed by atoms with Gasteiger partial charge in [-0.15, -0.1) is 0 Å². The number of urea groups is 1. The van der Waals surface area contributed by atoms with Gasteiger partial charge in [-0.1, -0.05) is 43.3 Å². The van der Waals surface area contributed by atoms with Crippen molar-refractivity contribution < 1.29 is 9.53 Å². The van der Waals surface area contributed by atoms with Crippen molar-refractivity contribution in [2.24, 2.45) is 0 Å². The number of benzene rings is 2. The zero-order valence-corrected chi connectivity index (χ0v) is 13.1. The highest BCUT2D eigenvalue weighted by Gasteiger charge is 2.05. The first-order valence-electron chi connectivity index (χ1n) is 7.42. The predicted octanol–water partition coefficient (Wildman–Crippen LogP) is 3.72. The molecule has 0 unspecified atom stereocenters. The van der Waals surface area contributed by atoms with Crippen LogP contribution in [-0.4, -0.2) is 13.1 Å². The highest BCUT2D eigenvalue weighted by atomic mass is 16.5. The molecule has 0 fully saturated rings. The number of carbonyl (C=O) groups is 1. The molecule has 0 atom stereocenters. The predicted molar refractivity (Wildman–Crippen MR) is 88.8 cm³/mol. The molecule has 0 saturated carbocycles. The molecular formula is C18H22N2O2. The van der Waals surface area contributed by atoms with E-state index in [9.17, 15) is 4.79 Å². The van der Waals surface area contributed by atoms with Crippen LogP contribution in [0.4, 0.5) is 10.5 Å². The molecule has 2 amide bonds. The van der Waals surface area contributed by atoms with E-state index in [2.05, 4.69) is 17.6 Å². The largest absolute Gasteiger partial charge is 0.380 e. The second-order valence-corrected chi connectivity index (χ2v) is 5.06. The number of nitrogens with one attached hydrogen (secondary N) is 2. The van der Waals surface area contributed by atoms with Gasteiger partial charge in [0, 0.05) is 19.3 Å². The molecule has 0 aromatic heterocycles. The van der Waals surface area contributed by atoms with Crippen LogP contribution in [0.5, 0.6) is 0 Å². The highest BCUT2D eigenvalue weighted by molar-refractivity contribution is 5.89. The molecule has 0 heterocycles. The van der Waals surface area contributed by atoms with E-state index in [1.165, 1.54) is 5.56 Å². The monoisotopic (exact) mass is 298 g/mol. The molecule has 22 heavy (non-hydrogen) atoms. The van der Waals surface area contributed by atoms with Crippen LogP contribution in [0, 0.1) is 0 Å². The van der Waals surface area contributed by atoms with Crippen LogP contribution in [0.1, 0.15) is 23.6 Å². The normalized spacial score (nSPS) is 10.3. The van der Waals surface area contributed by atoms with E-state index in [-0.39, 0.29) is 6.03 Å². The first kappa shape index (κ1) is 16.0. The van der Waals surface area contributed by atoms with Gasteiger partial charge in [-0.2, -0.15) is 0 Å². The van der Waals surface area contributed by atoms with Gasteiger partial charge in [-0.25, -0.2) is 4.79 Å². The van der Waals surface area contributed by atoms with Crippen LogP contribution >= 0.6 is 0 Å². The topological polar surface area (TPSA) is 50.4 Å². The van der Waals surface area contributed by atoms with E-state index in [0.29, 0.717) is 13.2 Å². The summed E-state index contributed by atoms with van der Waals surface area (Å²) < 4.78 is 5.17. The fourth-order valence-corrected chi connectivity index (χ4v) is 2.25. The fraction of sp³-hybridized carbons (Fsp3) is 0.278. The van der Waals surface area contributed by atoms with E-state index in [1.807, 2.05) is 48.5 Å². The molecule has 0 aliphatic carbocycles. The molecule has 116 valence electrons. The van der Waals surface area contributed by atoms with Gasteiger partial charge in [0.15, 0.2) is 0 Å². The summed E-state index contributed by atoms with van der Waals surface area (Å²) in [6.07, 6.45) is 0.946. The minimum Gasteiger partial charge on any atom is -0.380 e. The van der Waals surface area contributed by atoms with Gasteiger partial charge in [0.05, 0.1) is 6.61 Å². The number of rotatable bonds is 6. The number of methoxy groups -OCH3 is 1. The highest BCUT2D eigenvalue weighted by Crippen LogP contribution is 2.12. The summed E-state index contributed by atoms with van der Waals surface area (Å²) in [6.45, 7) is 3.10. The molecule has 0 radical (unpaired) electrons. The van der Waals surface area contributed by atoms with E-state index in [0.717, 1.165) is 23.2 Å². The number of ether oxygens (including phenoxy) is 1. The lowest BCUT2D eigenvalue weighted by molar-refractivity contribution is 0.184. The molecule has 0 spiro atoms. The first-order valence-corrected chi connectivity index (χ1v) is 7.42. The Kier molecular flexibility index (Phi) is 5.98. The number of anilines is 1. The van der Waals surface area contributed by atoms with E-state index < -0.39 is 0 Å². The Labute approximate surface area is 131 Å². The Morgan fingerprint density at radius 1 is 1.09 bits per heavy atom. The second-order valence-electron chi connectivity index (χ2n) is 5.06. The summed E-state index contributed by atoms with van der Waals surface area (Å²) in [6, 6.07) is 15.6. The van der Waals surface area contributed by atoms with Gasteiger partial charge in [0.1, 0.15) is 0 Å². The minimum atomic E-state index is -0.208. The third kappa shape index (κ3) is 4.60. The molecule has 4 heteroatoms. The Bertz CT molecular complexity index is 626. The van der Waals surface area contributed by atoms with Crippen LogP contribution in [-0.2, 0) is 24.3 Å². The smallest absolute Gasteiger partial charge is 0.319 e. The van der Waals surface area contributed by atoms with Crippen LogP contribution in [0.25, 0.3) is 0 Å². The van der Waals surface area contributed by atoms with Crippen molar-refractivity contribution in [3.63, 3.8) is 0 Å². The maximum atomic E-state index is 12.0. The zero-order valence-electron chi connectivity index (χ0n) is 13.1. The lowest BCUT2D eigenvalue weighted by Gasteiger charge is -2.11. The SMILES string of the molecule is CCc1cccc(NC(=O)NCc2ccccc2COC)c1. The van der Waals surface area contributed by atoms with E-state index in [1.54, 1.807) is 7.11 Å². The van der Waals surface area contributed by atoms with Crippen LogP contribution in [0.15, 0.2) is 48.5 Å². The molecule has 0 saturated heterocycles. The third-order valence-electron chi connectivity index (χ3n) is 3.45. The van der Waals surface area contributed by atoms with E-state index >= 15 is 0 Å². The minimum absolute atomic E-state index is 0.208. The van der Waals surface area contributed by atoms with Crippen molar-refractivity contribution >= 4 is 11.7 Å². The summed E-state index contributed by atoms with van der Waals surface area (Å²) in [5.74, 6) is 0. The quantitative estimate of drug-likeness (QED) is 0.854. The Hall–Kier alpha value is -2.33. The van der Waals surface area contributed by atoms with Gasteiger partial charge >= 0.3 is 6.03 Å². The number of amides is 2. The van der Waals surface area contributed by atoms with Crippen molar-refractivity contribution in [2.75, 3.05) is 12.4 Å². The van der Waals surface area contributed by atoms with Gasteiger partial charge in [0.2, 0.25) is 0 Å². The first-order chi connectivity index (χ1) is 10.7. The average molecular weight is 298 g/mol. The molecule has 0 aliphatic heterocycles. The number of aryl methyl sites for hydroxylation is 1. The number of carbonyl (C=O) groups excluding carboxylic acids is 1. The lowest BCUT2D eigenvalue weighted by Crippen LogP contribution is -2.28. The molecule has 2 N–H and O–H groups in total. The maximum absolute atomic E-state index is 12.0. The van der Waals surface area contributed by atoms with Gasteiger partial charge in [-0.3, -0.25) is 0 Å². The summed E-state index contributed by atoms with van der Waals surface area (Å²) in [5, 5.41) is 5.74. The molecule has 2 aromatic carbocycles. The number of hydrogen-bond acceptors (Lipinski definition) is 2.